The molecule has 1 aromatic carbocycles. The van der Waals surface area contributed by atoms with Crippen LogP contribution in [0, 0.1) is 5.92 Å². The average Bonchev–Trinajstić information content (AvgIpc) is 3.51. The number of benzene rings is 1. The molecule has 2 aliphatic rings. The topological polar surface area (TPSA) is 63.9 Å². The Morgan fingerprint density at radius 3 is 2.43 bits per heavy atom. The summed E-state index contributed by atoms with van der Waals surface area (Å²) in [5.41, 5.74) is -0.900. The first-order valence-corrected chi connectivity index (χ1v) is 14.0. The molecule has 192 valence electrons. The minimum Gasteiger partial charge on any atom is -0.496 e. The van der Waals surface area contributed by atoms with Crippen LogP contribution in [-0.2, 0) is 28.2 Å². The molecule has 0 amide bonds. The molecule has 6 nitrogen and oxygen atoms in total. The van der Waals surface area contributed by atoms with Crippen molar-refractivity contribution < 1.29 is 26.3 Å². The standard InChI is InChI=1S/C23H28F3N3O3S3/c1-22(2,3)19-13-28(10-14-11-29(12-14)35(30,31)16-6-7-16)21(34-19)27-20(33)17-9-15(23(24,25)26)5-8-18(17)32-4/h5,8-9,13-14,16H,6-7,10-12H2,1-4H3/b27-21-. The van der Waals surface area contributed by atoms with Gasteiger partial charge < -0.3 is 9.30 Å². The van der Waals surface area contributed by atoms with E-state index < -0.39 is 21.8 Å². The molecule has 12 heteroatoms. The second-order valence-electron chi connectivity index (χ2n) is 10.0. The second-order valence-corrected chi connectivity index (χ2v) is 13.6. The van der Waals surface area contributed by atoms with Gasteiger partial charge in [0, 0.05) is 36.6 Å². The van der Waals surface area contributed by atoms with Gasteiger partial charge in [0.25, 0.3) is 0 Å². The third-order valence-electron chi connectivity index (χ3n) is 6.10. The van der Waals surface area contributed by atoms with Crippen LogP contribution in [0.3, 0.4) is 0 Å². The lowest BCUT2D eigenvalue weighted by Crippen LogP contribution is -2.52. The maximum atomic E-state index is 13.3. The number of aromatic nitrogens is 1. The van der Waals surface area contributed by atoms with Crippen LogP contribution in [0.1, 0.15) is 49.6 Å². The molecule has 1 aliphatic heterocycles. The summed E-state index contributed by atoms with van der Waals surface area (Å²) in [7, 11) is -1.81. The number of alkyl halides is 3. The number of halogens is 3. The second kappa shape index (κ2) is 9.28. The van der Waals surface area contributed by atoms with Crippen LogP contribution in [0.15, 0.2) is 29.4 Å². The number of methoxy groups -OCH3 is 1. The van der Waals surface area contributed by atoms with E-state index in [0.29, 0.717) is 24.4 Å². The lowest BCUT2D eigenvalue weighted by atomic mass is 9.95. The molecule has 1 aromatic heterocycles. The Morgan fingerprint density at radius 1 is 1.23 bits per heavy atom. The highest BCUT2D eigenvalue weighted by Crippen LogP contribution is 2.35. The van der Waals surface area contributed by atoms with E-state index in [2.05, 4.69) is 25.8 Å². The molecule has 35 heavy (non-hydrogen) atoms. The average molecular weight is 548 g/mol. The highest BCUT2D eigenvalue weighted by atomic mass is 32.2. The van der Waals surface area contributed by atoms with E-state index >= 15 is 0 Å². The fraction of sp³-hybridized carbons (Fsp3) is 0.565. The molecule has 1 saturated carbocycles. The van der Waals surface area contributed by atoms with E-state index in [0.717, 1.165) is 29.9 Å². The Bertz CT molecular complexity index is 1300. The zero-order valence-electron chi connectivity index (χ0n) is 19.9. The van der Waals surface area contributed by atoms with Crippen molar-refractivity contribution in [2.45, 2.75) is 57.0 Å². The summed E-state index contributed by atoms with van der Waals surface area (Å²) in [6.07, 6.45) is -1.07. The molecule has 1 saturated heterocycles. The predicted molar refractivity (Wildman–Crippen MR) is 133 cm³/mol. The van der Waals surface area contributed by atoms with Gasteiger partial charge >= 0.3 is 6.18 Å². The van der Waals surface area contributed by atoms with Gasteiger partial charge in [0.05, 0.1) is 23.5 Å². The third-order valence-corrected chi connectivity index (χ3v) is 10.2. The maximum absolute atomic E-state index is 13.3. The maximum Gasteiger partial charge on any atom is 0.416 e. The van der Waals surface area contributed by atoms with Crippen molar-refractivity contribution in [2.75, 3.05) is 20.2 Å². The van der Waals surface area contributed by atoms with Crippen molar-refractivity contribution in [3.63, 3.8) is 0 Å². The molecular formula is C23H28F3N3O3S3. The highest BCUT2D eigenvalue weighted by molar-refractivity contribution is 7.90. The molecule has 2 aromatic rings. The summed E-state index contributed by atoms with van der Waals surface area (Å²) in [6.45, 7) is 7.65. The number of thiazole rings is 1. The first kappa shape index (κ1) is 26.3. The first-order chi connectivity index (χ1) is 16.2. The third kappa shape index (κ3) is 5.65. The highest BCUT2D eigenvalue weighted by Gasteiger charge is 2.45. The van der Waals surface area contributed by atoms with Gasteiger partial charge in [0.15, 0.2) is 4.80 Å². The van der Waals surface area contributed by atoms with Gasteiger partial charge in [-0.05, 0) is 36.5 Å². The van der Waals surface area contributed by atoms with E-state index in [9.17, 15) is 21.6 Å². The number of thiocarbonyl (C=S) groups is 1. The SMILES string of the molecule is COc1ccc(C(F)(F)F)cc1C(=S)/N=c1\sc(C(C)(C)C)cn1CC1CN(S(=O)(=O)C2CC2)C1. The normalized spacial score (nSPS) is 18.5. The van der Waals surface area contributed by atoms with Gasteiger partial charge in [-0.15, -0.1) is 11.3 Å². The van der Waals surface area contributed by atoms with Gasteiger partial charge in [-0.3, -0.25) is 0 Å². The van der Waals surface area contributed by atoms with Crippen LogP contribution in [0.5, 0.6) is 5.75 Å². The monoisotopic (exact) mass is 547 g/mol. The number of hydrogen-bond acceptors (Lipinski definition) is 5. The zero-order chi connectivity index (χ0) is 25.8. The van der Waals surface area contributed by atoms with Crippen LogP contribution in [0.2, 0.25) is 0 Å². The summed E-state index contributed by atoms with van der Waals surface area (Å²) in [5.74, 6) is 0.340. The van der Waals surface area contributed by atoms with Crippen LogP contribution >= 0.6 is 23.6 Å². The van der Waals surface area contributed by atoms with Gasteiger partial charge in [0.2, 0.25) is 10.0 Å². The van der Waals surface area contributed by atoms with Crippen molar-refractivity contribution >= 4 is 38.6 Å². The molecule has 2 heterocycles. The minimum absolute atomic E-state index is 0.00411. The van der Waals surface area contributed by atoms with Crippen LogP contribution in [0.4, 0.5) is 13.2 Å². The van der Waals surface area contributed by atoms with Gasteiger partial charge in [-0.1, -0.05) is 33.0 Å². The van der Waals surface area contributed by atoms with Crippen LogP contribution in [0.25, 0.3) is 0 Å². The van der Waals surface area contributed by atoms with Crippen molar-refractivity contribution in [1.82, 2.24) is 8.87 Å². The molecule has 0 atom stereocenters. The van der Waals surface area contributed by atoms with E-state index in [4.69, 9.17) is 17.0 Å². The van der Waals surface area contributed by atoms with E-state index in [1.165, 1.54) is 24.5 Å². The predicted octanol–water partition coefficient (Wildman–Crippen LogP) is 4.57. The first-order valence-electron chi connectivity index (χ1n) is 11.2. The summed E-state index contributed by atoms with van der Waals surface area (Å²) in [4.78, 5) is 6.14. The fourth-order valence-electron chi connectivity index (χ4n) is 3.84. The molecular weight excluding hydrogens is 519 g/mol. The Morgan fingerprint density at radius 2 is 1.89 bits per heavy atom. The van der Waals surface area contributed by atoms with E-state index in [1.807, 2.05) is 10.8 Å². The fourth-order valence-corrected chi connectivity index (χ4v) is 7.20. The number of sulfonamides is 1. The van der Waals surface area contributed by atoms with Crippen LogP contribution < -0.4 is 9.54 Å². The summed E-state index contributed by atoms with van der Waals surface area (Å²) in [5, 5.41) is -0.227. The van der Waals surface area contributed by atoms with Gasteiger partial charge in [0.1, 0.15) is 10.7 Å². The lowest BCUT2D eigenvalue weighted by Gasteiger charge is -2.38. The summed E-state index contributed by atoms with van der Waals surface area (Å²) >= 11 is 6.88. The van der Waals surface area contributed by atoms with Gasteiger partial charge in [-0.25, -0.2) is 17.7 Å². The van der Waals surface area contributed by atoms with Crippen molar-refractivity contribution in [3.05, 3.63) is 45.2 Å². The summed E-state index contributed by atoms with van der Waals surface area (Å²) < 4.78 is 73.4. The Labute approximate surface area is 212 Å². The molecule has 0 unspecified atom stereocenters. The number of ether oxygens (including phenoxy) is 1. The van der Waals surface area contributed by atoms with Crippen molar-refractivity contribution in [3.8, 4) is 5.75 Å². The van der Waals surface area contributed by atoms with E-state index in [-0.39, 0.29) is 32.9 Å². The molecule has 0 N–H and O–H groups in total. The van der Waals surface area contributed by atoms with Crippen molar-refractivity contribution in [1.29, 1.82) is 0 Å². The van der Waals surface area contributed by atoms with Gasteiger partial charge in [-0.2, -0.15) is 13.2 Å². The molecule has 4 rings (SSSR count). The smallest absolute Gasteiger partial charge is 0.416 e. The molecule has 0 spiro atoms. The quantitative estimate of drug-likeness (QED) is 0.497. The number of nitrogens with zero attached hydrogens (tertiary/aromatic N) is 3. The molecule has 0 radical (unpaired) electrons. The molecule has 0 bridgehead atoms. The van der Waals surface area contributed by atoms with Crippen LogP contribution in [-0.4, -0.2) is 47.7 Å². The van der Waals surface area contributed by atoms with E-state index in [1.54, 1.807) is 4.31 Å². The van der Waals surface area contributed by atoms with Crippen molar-refractivity contribution in [2.24, 2.45) is 10.9 Å². The lowest BCUT2D eigenvalue weighted by molar-refractivity contribution is -0.137. The molecule has 2 fully saturated rings. The summed E-state index contributed by atoms with van der Waals surface area (Å²) in [6, 6.07) is 3.15. The molecule has 1 aliphatic carbocycles. The zero-order valence-corrected chi connectivity index (χ0v) is 22.4. The largest absolute Gasteiger partial charge is 0.496 e. The Hall–Kier alpha value is -1.76. The Kier molecular flexibility index (Phi) is 6.97. The Balaban J connectivity index is 1.64. The minimum atomic E-state index is -4.52. The number of hydrogen-bond donors (Lipinski definition) is 0. The number of rotatable bonds is 6.